The molecule has 4 N–H and O–H groups in total. The maximum Gasteiger partial charge on any atom is 0.337 e. The van der Waals surface area contributed by atoms with E-state index in [1.165, 1.54) is 11.3 Å². The number of hydrogen-bond acceptors (Lipinski definition) is 4. The van der Waals surface area contributed by atoms with E-state index in [4.69, 9.17) is 10.9 Å². The number of thiophene rings is 1. The fraction of sp³-hybridized carbons (Fsp3) is 0.100. The van der Waals surface area contributed by atoms with Crippen molar-refractivity contribution >= 4 is 27.4 Å². The van der Waals surface area contributed by atoms with Gasteiger partial charge in [0.05, 0.1) is 5.56 Å². The summed E-state index contributed by atoms with van der Waals surface area (Å²) in [6, 6.07) is 5.71. The van der Waals surface area contributed by atoms with Gasteiger partial charge in [-0.05, 0) is 17.7 Å². The second kappa shape index (κ2) is 3.98. The van der Waals surface area contributed by atoms with Crippen molar-refractivity contribution in [1.29, 1.82) is 0 Å². The number of rotatable bonds is 3. The van der Waals surface area contributed by atoms with Crippen molar-refractivity contribution in [2.24, 2.45) is 5.84 Å². The van der Waals surface area contributed by atoms with Crippen LogP contribution in [0.4, 0.5) is 0 Å². The highest BCUT2D eigenvalue weighted by Crippen LogP contribution is 2.26. The molecule has 5 heteroatoms. The Kier molecular flexibility index (Phi) is 2.68. The monoisotopic (exact) mass is 222 g/mol. The van der Waals surface area contributed by atoms with E-state index in [-0.39, 0.29) is 0 Å². The van der Waals surface area contributed by atoms with Gasteiger partial charge in [-0.1, -0.05) is 6.07 Å². The molecule has 0 spiro atoms. The molecule has 0 aliphatic carbocycles. The summed E-state index contributed by atoms with van der Waals surface area (Å²) in [6.45, 7) is 0.533. The van der Waals surface area contributed by atoms with Crippen LogP contribution in [0.1, 0.15) is 15.9 Å². The Bertz CT molecular complexity index is 507. The van der Waals surface area contributed by atoms with Gasteiger partial charge in [0.2, 0.25) is 0 Å². The smallest absolute Gasteiger partial charge is 0.337 e. The van der Waals surface area contributed by atoms with Crippen molar-refractivity contribution < 1.29 is 9.90 Å². The van der Waals surface area contributed by atoms with Crippen molar-refractivity contribution in [3.63, 3.8) is 0 Å². The maximum absolute atomic E-state index is 10.9. The van der Waals surface area contributed by atoms with E-state index in [0.717, 1.165) is 15.6 Å². The van der Waals surface area contributed by atoms with Gasteiger partial charge in [-0.3, -0.25) is 11.3 Å². The van der Waals surface area contributed by atoms with Crippen molar-refractivity contribution in [1.82, 2.24) is 5.43 Å². The topological polar surface area (TPSA) is 75.3 Å². The van der Waals surface area contributed by atoms with Gasteiger partial charge in [0.1, 0.15) is 0 Å². The van der Waals surface area contributed by atoms with Crippen molar-refractivity contribution in [2.45, 2.75) is 6.54 Å². The molecule has 2 aromatic rings. The maximum atomic E-state index is 10.9. The zero-order valence-electron chi connectivity index (χ0n) is 7.86. The van der Waals surface area contributed by atoms with Gasteiger partial charge in [-0.25, -0.2) is 4.79 Å². The van der Waals surface area contributed by atoms with Crippen molar-refractivity contribution in [3.05, 3.63) is 34.7 Å². The molecule has 15 heavy (non-hydrogen) atoms. The summed E-state index contributed by atoms with van der Waals surface area (Å²) in [6.07, 6.45) is 0. The molecule has 0 radical (unpaired) electrons. The van der Waals surface area contributed by atoms with Gasteiger partial charge in [0, 0.05) is 22.0 Å². The van der Waals surface area contributed by atoms with Gasteiger partial charge in [-0.2, -0.15) is 0 Å². The molecule has 1 heterocycles. The summed E-state index contributed by atoms with van der Waals surface area (Å²) in [5, 5.41) is 11.4. The van der Waals surface area contributed by atoms with E-state index in [2.05, 4.69) is 5.43 Å². The van der Waals surface area contributed by atoms with E-state index in [9.17, 15) is 4.79 Å². The molecule has 0 atom stereocenters. The summed E-state index contributed by atoms with van der Waals surface area (Å²) >= 11 is 1.44. The Morgan fingerprint density at radius 2 is 2.33 bits per heavy atom. The number of hydrazine groups is 1. The molecule has 0 aliphatic heterocycles. The molecule has 0 amide bonds. The lowest BCUT2D eigenvalue weighted by atomic mass is 10.1. The molecule has 1 aromatic carbocycles. The van der Waals surface area contributed by atoms with E-state index >= 15 is 0 Å². The number of carboxylic acid groups (broad SMARTS) is 1. The minimum absolute atomic E-state index is 0.355. The Hall–Kier alpha value is -1.43. The molecular weight excluding hydrogens is 212 g/mol. The Balaban J connectivity index is 2.56. The molecule has 0 bridgehead atoms. The Labute approximate surface area is 90.3 Å². The van der Waals surface area contributed by atoms with E-state index in [1.807, 2.05) is 18.2 Å². The molecule has 0 saturated heterocycles. The van der Waals surface area contributed by atoms with Crippen LogP contribution in [0.25, 0.3) is 10.1 Å². The number of hydrogen-bond donors (Lipinski definition) is 3. The molecular formula is C10H10N2O2S. The van der Waals surface area contributed by atoms with Crippen LogP contribution in [0.2, 0.25) is 0 Å². The fourth-order valence-electron chi connectivity index (χ4n) is 1.47. The van der Waals surface area contributed by atoms with Gasteiger partial charge < -0.3 is 5.11 Å². The molecule has 0 saturated carbocycles. The number of nitrogens with two attached hydrogens (primary N) is 1. The average molecular weight is 222 g/mol. The van der Waals surface area contributed by atoms with Crippen molar-refractivity contribution in [3.8, 4) is 0 Å². The molecule has 2 rings (SSSR count). The third-order valence-electron chi connectivity index (χ3n) is 2.17. The summed E-state index contributed by atoms with van der Waals surface area (Å²) < 4.78 is 0.980. The summed E-state index contributed by atoms with van der Waals surface area (Å²) in [7, 11) is 0. The van der Waals surface area contributed by atoms with E-state index in [1.54, 1.807) is 5.38 Å². The molecule has 0 unspecified atom stereocenters. The lowest BCUT2D eigenvalue weighted by Gasteiger charge is -2.00. The number of fused-ring (bicyclic) bond motifs is 1. The first-order valence-corrected chi connectivity index (χ1v) is 5.27. The van der Waals surface area contributed by atoms with Gasteiger partial charge in [0.25, 0.3) is 0 Å². The van der Waals surface area contributed by atoms with E-state index < -0.39 is 5.97 Å². The van der Waals surface area contributed by atoms with Gasteiger partial charge in [-0.15, -0.1) is 11.3 Å². The molecule has 4 nitrogen and oxygen atoms in total. The molecule has 1 aromatic heterocycles. The minimum atomic E-state index is -0.890. The van der Waals surface area contributed by atoms with Crippen LogP contribution in [0, 0.1) is 0 Å². The molecule has 0 fully saturated rings. The van der Waals surface area contributed by atoms with Crippen LogP contribution in [0.15, 0.2) is 23.6 Å². The fourth-order valence-corrected chi connectivity index (χ4v) is 2.38. The van der Waals surface area contributed by atoms with Crippen LogP contribution in [-0.2, 0) is 6.54 Å². The number of aromatic carboxylic acids is 1. The highest BCUT2D eigenvalue weighted by molar-refractivity contribution is 7.17. The second-order valence-electron chi connectivity index (χ2n) is 3.17. The lowest BCUT2D eigenvalue weighted by molar-refractivity contribution is 0.0699. The molecule has 78 valence electrons. The zero-order chi connectivity index (χ0) is 10.8. The largest absolute Gasteiger partial charge is 0.478 e. The SMILES string of the molecule is NNCc1ccc2scc(C(=O)O)c2c1. The standard InChI is InChI=1S/C10H10N2O2S/c11-12-4-6-1-2-9-7(3-6)8(5-15-9)10(13)14/h1-3,5,12H,4,11H2,(H,13,14). The van der Waals surface area contributed by atoms with Crippen LogP contribution in [-0.4, -0.2) is 11.1 Å². The lowest BCUT2D eigenvalue weighted by Crippen LogP contribution is -2.20. The predicted molar refractivity (Wildman–Crippen MR) is 59.8 cm³/mol. The third-order valence-corrected chi connectivity index (χ3v) is 3.14. The first-order valence-electron chi connectivity index (χ1n) is 4.39. The number of benzene rings is 1. The first-order chi connectivity index (χ1) is 7.22. The molecule has 0 aliphatic rings. The Morgan fingerprint density at radius 3 is 3.00 bits per heavy atom. The normalized spacial score (nSPS) is 10.7. The van der Waals surface area contributed by atoms with Crippen molar-refractivity contribution in [2.75, 3.05) is 0 Å². The second-order valence-corrected chi connectivity index (χ2v) is 4.08. The van der Waals surface area contributed by atoms with Crippen LogP contribution < -0.4 is 11.3 Å². The number of carbonyl (C=O) groups is 1. The van der Waals surface area contributed by atoms with Crippen LogP contribution in [0.3, 0.4) is 0 Å². The third kappa shape index (κ3) is 1.85. The highest BCUT2D eigenvalue weighted by atomic mass is 32.1. The average Bonchev–Trinajstić information content (AvgIpc) is 2.61. The van der Waals surface area contributed by atoms with E-state index in [0.29, 0.717) is 12.1 Å². The van der Waals surface area contributed by atoms with Gasteiger partial charge in [0.15, 0.2) is 0 Å². The Morgan fingerprint density at radius 1 is 1.53 bits per heavy atom. The van der Waals surface area contributed by atoms with Gasteiger partial charge >= 0.3 is 5.97 Å². The first kappa shape index (κ1) is 10.1. The summed E-state index contributed by atoms with van der Waals surface area (Å²) in [4.78, 5) is 10.9. The zero-order valence-corrected chi connectivity index (χ0v) is 8.67. The van der Waals surface area contributed by atoms with Crippen LogP contribution in [0.5, 0.6) is 0 Å². The number of carboxylic acids is 1. The quantitative estimate of drug-likeness (QED) is 0.544. The summed E-state index contributed by atoms with van der Waals surface area (Å²) in [5.74, 6) is 4.32. The highest BCUT2D eigenvalue weighted by Gasteiger charge is 2.10. The summed E-state index contributed by atoms with van der Waals surface area (Å²) in [5.41, 5.74) is 3.88. The minimum Gasteiger partial charge on any atom is -0.478 e. The predicted octanol–water partition coefficient (Wildman–Crippen LogP) is 1.56. The number of nitrogens with one attached hydrogen (secondary N) is 1. The van der Waals surface area contributed by atoms with Crippen LogP contribution >= 0.6 is 11.3 Å².